The molecule has 0 aliphatic heterocycles. The lowest BCUT2D eigenvalue weighted by atomic mass is 10.1. The summed E-state index contributed by atoms with van der Waals surface area (Å²) in [5, 5.41) is 4.30. The first-order valence-electron chi connectivity index (χ1n) is 5.42. The zero-order valence-electron chi connectivity index (χ0n) is 9.59. The van der Waals surface area contributed by atoms with E-state index in [1.54, 1.807) is 6.20 Å². The van der Waals surface area contributed by atoms with Crippen molar-refractivity contribution in [1.82, 2.24) is 14.8 Å². The molecule has 2 heterocycles. The van der Waals surface area contributed by atoms with Gasteiger partial charge in [-0.25, -0.2) is 9.67 Å². The van der Waals surface area contributed by atoms with Crippen LogP contribution in [0.1, 0.15) is 31.2 Å². The lowest BCUT2D eigenvalue weighted by molar-refractivity contribution is 0.717. The third-order valence-corrected chi connectivity index (χ3v) is 2.48. The Morgan fingerprint density at radius 1 is 1.31 bits per heavy atom. The maximum absolute atomic E-state index is 5.58. The first-order chi connectivity index (χ1) is 7.72. The Bertz CT molecular complexity index is 473. The topological polar surface area (TPSA) is 56.7 Å². The highest BCUT2D eigenvalue weighted by molar-refractivity contribution is 5.27. The Labute approximate surface area is 95.1 Å². The SMILES string of the molecule is CC(C)c1ccnn1-c1cccc(CN)n1. The van der Waals surface area contributed by atoms with Gasteiger partial charge in [0.15, 0.2) is 5.82 Å². The molecule has 0 radical (unpaired) electrons. The summed E-state index contributed by atoms with van der Waals surface area (Å²) < 4.78 is 1.86. The van der Waals surface area contributed by atoms with E-state index < -0.39 is 0 Å². The summed E-state index contributed by atoms with van der Waals surface area (Å²) in [4.78, 5) is 4.45. The third kappa shape index (κ3) is 1.97. The van der Waals surface area contributed by atoms with Crippen LogP contribution in [0.25, 0.3) is 5.82 Å². The van der Waals surface area contributed by atoms with Gasteiger partial charge in [0.1, 0.15) is 0 Å². The molecule has 0 bridgehead atoms. The second-order valence-corrected chi connectivity index (χ2v) is 4.01. The monoisotopic (exact) mass is 216 g/mol. The van der Waals surface area contributed by atoms with E-state index in [1.807, 2.05) is 28.9 Å². The van der Waals surface area contributed by atoms with Crippen LogP contribution >= 0.6 is 0 Å². The summed E-state index contributed by atoms with van der Waals surface area (Å²) in [5.74, 6) is 1.25. The van der Waals surface area contributed by atoms with Gasteiger partial charge in [0.25, 0.3) is 0 Å². The van der Waals surface area contributed by atoms with E-state index in [9.17, 15) is 0 Å². The zero-order valence-corrected chi connectivity index (χ0v) is 9.59. The largest absolute Gasteiger partial charge is 0.325 e. The molecule has 0 aromatic carbocycles. The van der Waals surface area contributed by atoms with Gasteiger partial charge in [-0.1, -0.05) is 19.9 Å². The molecule has 4 heteroatoms. The van der Waals surface area contributed by atoms with Crippen LogP contribution in [0.15, 0.2) is 30.5 Å². The molecule has 0 aliphatic carbocycles. The van der Waals surface area contributed by atoms with Gasteiger partial charge < -0.3 is 5.73 Å². The van der Waals surface area contributed by atoms with Gasteiger partial charge in [-0.3, -0.25) is 0 Å². The van der Waals surface area contributed by atoms with Crippen molar-refractivity contribution in [3.63, 3.8) is 0 Å². The van der Waals surface area contributed by atoms with E-state index in [1.165, 1.54) is 0 Å². The minimum absolute atomic E-state index is 0.422. The number of hydrogen-bond donors (Lipinski definition) is 1. The molecule has 0 saturated heterocycles. The Balaban J connectivity index is 2.46. The van der Waals surface area contributed by atoms with Crippen molar-refractivity contribution in [1.29, 1.82) is 0 Å². The number of hydrogen-bond acceptors (Lipinski definition) is 3. The van der Waals surface area contributed by atoms with E-state index in [0.717, 1.165) is 17.2 Å². The van der Waals surface area contributed by atoms with Crippen LogP contribution in [0.2, 0.25) is 0 Å². The molecule has 2 aromatic heterocycles. The first kappa shape index (κ1) is 10.8. The van der Waals surface area contributed by atoms with Crippen molar-refractivity contribution in [3.8, 4) is 5.82 Å². The van der Waals surface area contributed by atoms with Crippen LogP contribution in [0.3, 0.4) is 0 Å². The van der Waals surface area contributed by atoms with Gasteiger partial charge in [0.2, 0.25) is 0 Å². The quantitative estimate of drug-likeness (QED) is 0.851. The van der Waals surface area contributed by atoms with Crippen molar-refractivity contribution < 1.29 is 0 Å². The molecule has 4 nitrogen and oxygen atoms in total. The van der Waals surface area contributed by atoms with Crippen LogP contribution in [0, 0.1) is 0 Å². The molecule has 0 unspecified atom stereocenters. The average molecular weight is 216 g/mol. The maximum atomic E-state index is 5.58. The highest BCUT2D eigenvalue weighted by Gasteiger charge is 2.09. The molecule has 2 aromatic rings. The molecular formula is C12H16N4. The summed E-state index contributed by atoms with van der Waals surface area (Å²) in [7, 11) is 0. The zero-order chi connectivity index (χ0) is 11.5. The number of nitrogens with zero attached hydrogens (tertiary/aromatic N) is 3. The molecule has 0 fully saturated rings. The van der Waals surface area contributed by atoms with Crippen LogP contribution in [-0.2, 0) is 6.54 Å². The van der Waals surface area contributed by atoms with Crippen molar-refractivity contribution in [2.75, 3.05) is 0 Å². The minimum Gasteiger partial charge on any atom is -0.325 e. The summed E-state index contributed by atoms with van der Waals surface area (Å²) in [5.41, 5.74) is 7.61. The molecule has 2 N–H and O–H groups in total. The number of nitrogens with two attached hydrogens (primary N) is 1. The van der Waals surface area contributed by atoms with Crippen molar-refractivity contribution >= 4 is 0 Å². The van der Waals surface area contributed by atoms with E-state index >= 15 is 0 Å². The number of aromatic nitrogens is 3. The van der Waals surface area contributed by atoms with Crippen LogP contribution < -0.4 is 5.73 Å². The van der Waals surface area contributed by atoms with Crippen molar-refractivity contribution in [2.45, 2.75) is 26.3 Å². The Kier molecular flexibility index (Phi) is 3.01. The van der Waals surface area contributed by atoms with Gasteiger partial charge in [-0.15, -0.1) is 0 Å². The molecule has 0 atom stereocenters. The lowest BCUT2D eigenvalue weighted by Gasteiger charge is -2.09. The second kappa shape index (κ2) is 4.45. The van der Waals surface area contributed by atoms with Gasteiger partial charge in [0, 0.05) is 18.4 Å². The molecular weight excluding hydrogens is 200 g/mol. The lowest BCUT2D eigenvalue weighted by Crippen LogP contribution is -2.08. The van der Waals surface area contributed by atoms with Gasteiger partial charge in [0.05, 0.1) is 5.69 Å². The normalized spacial score (nSPS) is 11.0. The van der Waals surface area contributed by atoms with Crippen molar-refractivity contribution in [3.05, 3.63) is 41.9 Å². The summed E-state index contributed by atoms with van der Waals surface area (Å²) >= 11 is 0. The Morgan fingerprint density at radius 2 is 2.12 bits per heavy atom. The average Bonchev–Trinajstić information content (AvgIpc) is 2.78. The summed E-state index contributed by atoms with van der Waals surface area (Å²) in [6, 6.07) is 7.83. The molecule has 2 rings (SSSR count). The molecule has 0 spiro atoms. The fourth-order valence-corrected chi connectivity index (χ4v) is 1.64. The van der Waals surface area contributed by atoms with E-state index in [2.05, 4.69) is 23.9 Å². The predicted octanol–water partition coefficient (Wildman–Crippen LogP) is 1.85. The Morgan fingerprint density at radius 3 is 2.81 bits per heavy atom. The fraction of sp³-hybridized carbons (Fsp3) is 0.333. The highest BCUT2D eigenvalue weighted by atomic mass is 15.3. The van der Waals surface area contributed by atoms with Crippen LogP contribution in [-0.4, -0.2) is 14.8 Å². The van der Waals surface area contributed by atoms with Gasteiger partial charge in [-0.2, -0.15) is 5.10 Å². The smallest absolute Gasteiger partial charge is 0.153 e. The Hall–Kier alpha value is -1.68. The predicted molar refractivity (Wildman–Crippen MR) is 63.3 cm³/mol. The maximum Gasteiger partial charge on any atom is 0.153 e. The molecule has 84 valence electrons. The molecule has 0 aliphatic rings. The molecule has 0 saturated carbocycles. The van der Waals surface area contributed by atoms with Gasteiger partial charge in [-0.05, 0) is 24.1 Å². The van der Waals surface area contributed by atoms with E-state index in [-0.39, 0.29) is 0 Å². The standard InChI is InChI=1S/C12H16N4/c1-9(2)11-6-7-14-16(11)12-5-3-4-10(8-13)15-12/h3-7,9H,8,13H2,1-2H3. The van der Waals surface area contributed by atoms with Crippen LogP contribution in [0.4, 0.5) is 0 Å². The van der Waals surface area contributed by atoms with E-state index in [0.29, 0.717) is 12.5 Å². The number of pyridine rings is 1. The van der Waals surface area contributed by atoms with E-state index in [4.69, 9.17) is 5.73 Å². The fourth-order valence-electron chi connectivity index (χ4n) is 1.64. The van der Waals surface area contributed by atoms with Gasteiger partial charge >= 0.3 is 0 Å². The highest BCUT2D eigenvalue weighted by Crippen LogP contribution is 2.16. The van der Waals surface area contributed by atoms with Crippen LogP contribution in [0.5, 0.6) is 0 Å². The third-order valence-electron chi connectivity index (χ3n) is 2.48. The summed E-state index contributed by atoms with van der Waals surface area (Å²) in [6.45, 7) is 4.73. The molecule has 0 amide bonds. The minimum atomic E-state index is 0.422. The summed E-state index contributed by atoms with van der Waals surface area (Å²) in [6.07, 6.45) is 1.80. The van der Waals surface area contributed by atoms with Crippen molar-refractivity contribution in [2.24, 2.45) is 5.73 Å². The second-order valence-electron chi connectivity index (χ2n) is 4.01. The number of rotatable bonds is 3. The molecule has 16 heavy (non-hydrogen) atoms. The first-order valence-corrected chi connectivity index (χ1v) is 5.42.